The summed E-state index contributed by atoms with van der Waals surface area (Å²) in [6, 6.07) is 5.29. The lowest BCUT2D eigenvalue weighted by molar-refractivity contribution is -0.122. The first-order chi connectivity index (χ1) is 9.95. The summed E-state index contributed by atoms with van der Waals surface area (Å²) in [7, 11) is 0. The van der Waals surface area contributed by atoms with Crippen LogP contribution in [0.15, 0.2) is 28.8 Å². The topological polar surface area (TPSA) is 122 Å². The zero-order chi connectivity index (χ0) is 15.4. The Morgan fingerprint density at radius 3 is 2.76 bits per heavy atom. The van der Waals surface area contributed by atoms with E-state index in [0.29, 0.717) is 11.3 Å². The van der Waals surface area contributed by atoms with Gasteiger partial charge in [0.25, 0.3) is 0 Å². The molecule has 21 heavy (non-hydrogen) atoms. The Kier molecular flexibility index (Phi) is 4.44. The molecule has 0 radical (unpaired) electrons. The maximum atomic E-state index is 11.9. The lowest BCUT2D eigenvalue weighted by Crippen LogP contribution is -2.41. The number of phenols is 2. The first-order valence-electron chi connectivity index (χ1n) is 6.42. The number of nitrogens with one attached hydrogen (secondary N) is 1. The predicted octanol–water partition coefficient (Wildman–Crippen LogP) is 0.580. The summed E-state index contributed by atoms with van der Waals surface area (Å²) in [5, 5.41) is 25.0. The van der Waals surface area contributed by atoms with Crippen molar-refractivity contribution in [1.29, 1.82) is 0 Å². The molecule has 1 amide bonds. The number of nitrogens with zero attached hydrogens (tertiary/aromatic N) is 1. The first-order valence-corrected chi connectivity index (χ1v) is 6.42. The minimum Gasteiger partial charge on any atom is -0.504 e. The fourth-order valence-corrected chi connectivity index (χ4v) is 1.85. The molecule has 0 bridgehead atoms. The molecule has 1 atom stereocenters. The van der Waals surface area contributed by atoms with Gasteiger partial charge in [0.1, 0.15) is 0 Å². The van der Waals surface area contributed by atoms with Gasteiger partial charge < -0.3 is 25.8 Å². The Morgan fingerprint density at radius 1 is 1.38 bits per heavy atom. The smallest absolute Gasteiger partial charge is 0.237 e. The van der Waals surface area contributed by atoms with Crippen LogP contribution in [0.2, 0.25) is 0 Å². The van der Waals surface area contributed by atoms with Crippen LogP contribution in [0.3, 0.4) is 0 Å². The molecule has 1 aromatic heterocycles. The van der Waals surface area contributed by atoms with Crippen LogP contribution in [0.5, 0.6) is 11.5 Å². The van der Waals surface area contributed by atoms with Crippen molar-refractivity contribution in [3.8, 4) is 11.5 Å². The van der Waals surface area contributed by atoms with Crippen LogP contribution in [0, 0.1) is 6.92 Å². The van der Waals surface area contributed by atoms with E-state index < -0.39 is 6.04 Å². The van der Waals surface area contributed by atoms with Crippen molar-refractivity contribution in [3.63, 3.8) is 0 Å². The Balaban J connectivity index is 1.88. The van der Waals surface area contributed by atoms with Crippen LogP contribution in [-0.2, 0) is 17.8 Å². The van der Waals surface area contributed by atoms with Crippen molar-refractivity contribution in [1.82, 2.24) is 10.5 Å². The summed E-state index contributed by atoms with van der Waals surface area (Å²) in [6.45, 7) is 2.01. The molecule has 2 aromatic rings. The second-order valence-corrected chi connectivity index (χ2v) is 4.79. The van der Waals surface area contributed by atoms with Gasteiger partial charge in [-0.25, -0.2) is 0 Å². The Bertz CT molecular complexity index is 639. The highest BCUT2D eigenvalue weighted by Crippen LogP contribution is 2.25. The number of aromatic hydroxyl groups is 2. The zero-order valence-corrected chi connectivity index (χ0v) is 11.5. The fraction of sp³-hybridized carbons (Fsp3) is 0.286. The van der Waals surface area contributed by atoms with E-state index >= 15 is 0 Å². The van der Waals surface area contributed by atoms with Crippen molar-refractivity contribution in [2.24, 2.45) is 5.73 Å². The molecule has 0 spiro atoms. The standard InChI is InChI=1S/C14H17N3O4/c1-8-4-10(21-17-8)7-16-14(20)11(15)5-9-2-3-12(18)13(19)6-9/h2-4,6,11,18-19H,5,7,15H2,1H3,(H,16,20)/t11-/m0/s1. The molecule has 0 aliphatic carbocycles. The molecule has 112 valence electrons. The maximum Gasteiger partial charge on any atom is 0.237 e. The molecule has 1 aromatic carbocycles. The van der Waals surface area contributed by atoms with E-state index in [1.54, 1.807) is 19.1 Å². The van der Waals surface area contributed by atoms with Gasteiger partial charge in [0.2, 0.25) is 5.91 Å². The minimum absolute atomic E-state index is 0.211. The number of benzene rings is 1. The maximum absolute atomic E-state index is 11.9. The number of carbonyl (C=O) groups is 1. The SMILES string of the molecule is Cc1cc(CNC(=O)[C@@H](N)Cc2ccc(O)c(O)c2)on1. The number of amides is 1. The van der Waals surface area contributed by atoms with Gasteiger partial charge in [-0.15, -0.1) is 0 Å². The number of carbonyl (C=O) groups excluding carboxylic acids is 1. The van der Waals surface area contributed by atoms with E-state index in [0.717, 1.165) is 5.69 Å². The average Bonchev–Trinajstić information content (AvgIpc) is 2.86. The molecule has 0 aliphatic rings. The van der Waals surface area contributed by atoms with Crippen LogP contribution in [-0.4, -0.2) is 27.3 Å². The molecule has 0 saturated carbocycles. The molecule has 0 fully saturated rings. The summed E-state index contributed by atoms with van der Waals surface area (Å²) in [6.07, 6.45) is 0.245. The van der Waals surface area contributed by atoms with Gasteiger partial charge in [-0.3, -0.25) is 4.79 Å². The third-order valence-corrected chi connectivity index (χ3v) is 2.95. The van der Waals surface area contributed by atoms with Gasteiger partial charge in [-0.1, -0.05) is 11.2 Å². The summed E-state index contributed by atoms with van der Waals surface area (Å²) >= 11 is 0. The van der Waals surface area contributed by atoms with Crippen LogP contribution < -0.4 is 11.1 Å². The Labute approximate surface area is 121 Å². The van der Waals surface area contributed by atoms with E-state index in [1.807, 2.05) is 0 Å². The van der Waals surface area contributed by atoms with Crippen LogP contribution in [0.1, 0.15) is 17.0 Å². The molecule has 0 aliphatic heterocycles. The van der Waals surface area contributed by atoms with Gasteiger partial charge in [0.05, 0.1) is 18.3 Å². The number of hydrogen-bond acceptors (Lipinski definition) is 6. The van der Waals surface area contributed by atoms with E-state index in [-0.39, 0.29) is 30.4 Å². The molecule has 5 N–H and O–H groups in total. The van der Waals surface area contributed by atoms with Gasteiger partial charge in [0.15, 0.2) is 17.3 Å². The second-order valence-electron chi connectivity index (χ2n) is 4.79. The molecule has 7 heteroatoms. The molecule has 7 nitrogen and oxygen atoms in total. The highest BCUT2D eigenvalue weighted by molar-refractivity contribution is 5.81. The monoisotopic (exact) mass is 291 g/mol. The van der Waals surface area contributed by atoms with Gasteiger partial charge in [-0.2, -0.15) is 0 Å². The van der Waals surface area contributed by atoms with Gasteiger partial charge in [0, 0.05) is 6.07 Å². The van der Waals surface area contributed by atoms with E-state index in [2.05, 4.69) is 10.5 Å². The lowest BCUT2D eigenvalue weighted by atomic mass is 10.1. The molecule has 2 rings (SSSR count). The molecular weight excluding hydrogens is 274 g/mol. The summed E-state index contributed by atoms with van der Waals surface area (Å²) < 4.78 is 4.98. The normalized spacial score (nSPS) is 12.1. The number of hydrogen-bond donors (Lipinski definition) is 4. The number of nitrogens with two attached hydrogens (primary N) is 1. The highest BCUT2D eigenvalue weighted by atomic mass is 16.5. The largest absolute Gasteiger partial charge is 0.504 e. The Morgan fingerprint density at radius 2 is 2.14 bits per heavy atom. The van der Waals surface area contributed by atoms with Gasteiger partial charge >= 0.3 is 0 Å². The van der Waals surface area contributed by atoms with Crippen molar-refractivity contribution in [2.45, 2.75) is 25.9 Å². The van der Waals surface area contributed by atoms with E-state index in [9.17, 15) is 15.0 Å². The first kappa shape index (κ1) is 14.9. The van der Waals surface area contributed by atoms with Crippen molar-refractivity contribution < 1.29 is 19.5 Å². The van der Waals surface area contributed by atoms with Crippen LogP contribution >= 0.6 is 0 Å². The predicted molar refractivity (Wildman–Crippen MR) is 74.5 cm³/mol. The number of aromatic nitrogens is 1. The number of phenolic OH excluding ortho intramolecular Hbond substituents is 2. The molecule has 0 saturated heterocycles. The van der Waals surface area contributed by atoms with Crippen LogP contribution in [0.4, 0.5) is 0 Å². The van der Waals surface area contributed by atoms with Crippen molar-refractivity contribution >= 4 is 5.91 Å². The third-order valence-electron chi connectivity index (χ3n) is 2.95. The second kappa shape index (κ2) is 6.27. The summed E-state index contributed by atoms with van der Waals surface area (Å²) in [5.74, 6) is -0.235. The minimum atomic E-state index is -0.766. The Hall–Kier alpha value is -2.54. The zero-order valence-electron chi connectivity index (χ0n) is 11.5. The third kappa shape index (κ3) is 3.96. The quantitative estimate of drug-likeness (QED) is 0.598. The van der Waals surface area contributed by atoms with Crippen molar-refractivity contribution in [2.75, 3.05) is 0 Å². The van der Waals surface area contributed by atoms with E-state index in [1.165, 1.54) is 12.1 Å². The van der Waals surface area contributed by atoms with E-state index in [4.69, 9.17) is 10.3 Å². The number of rotatable bonds is 5. The lowest BCUT2D eigenvalue weighted by Gasteiger charge is -2.12. The number of aryl methyl sites for hydroxylation is 1. The fourth-order valence-electron chi connectivity index (χ4n) is 1.85. The van der Waals surface area contributed by atoms with Crippen molar-refractivity contribution in [3.05, 3.63) is 41.3 Å². The molecule has 1 heterocycles. The van der Waals surface area contributed by atoms with Gasteiger partial charge in [-0.05, 0) is 31.0 Å². The average molecular weight is 291 g/mol. The summed E-state index contributed by atoms with van der Waals surface area (Å²) in [4.78, 5) is 11.9. The molecular formula is C14H17N3O4. The summed E-state index contributed by atoms with van der Waals surface area (Å²) in [5.41, 5.74) is 7.20. The highest BCUT2D eigenvalue weighted by Gasteiger charge is 2.15. The van der Waals surface area contributed by atoms with Crippen LogP contribution in [0.25, 0.3) is 0 Å². The molecule has 0 unspecified atom stereocenters.